The van der Waals surface area contributed by atoms with Gasteiger partial charge in [0, 0.05) is 26.7 Å². The second-order valence-corrected chi connectivity index (χ2v) is 7.76. The van der Waals surface area contributed by atoms with Crippen molar-refractivity contribution >= 4 is 12.1 Å². The van der Waals surface area contributed by atoms with Crippen molar-refractivity contribution < 1.29 is 22.7 Å². The molecule has 0 aliphatic carbocycles. The molecule has 1 amide bonds. The predicted octanol–water partition coefficient (Wildman–Crippen LogP) is 2.04. The van der Waals surface area contributed by atoms with E-state index < -0.39 is 24.4 Å². The van der Waals surface area contributed by atoms with Crippen molar-refractivity contribution in [1.29, 1.82) is 0 Å². The zero-order valence-electron chi connectivity index (χ0n) is 16.8. The number of nitrogens with zero attached hydrogens (tertiary/aromatic N) is 3. The van der Waals surface area contributed by atoms with Crippen molar-refractivity contribution in [3.63, 3.8) is 0 Å². The van der Waals surface area contributed by atoms with Crippen LogP contribution in [0.3, 0.4) is 0 Å². The lowest BCUT2D eigenvalue weighted by atomic mass is 10.2. The Morgan fingerprint density at radius 1 is 1.33 bits per heavy atom. The van der Waals surface area contributed by atoms with Gasteiger partial charge in [0.05, 0.1) is 12.6 Å². The third-order valence-electron chi connectivity index (χ3n) is 3.87. The maximum atomic E-state index is 12.3. The van der Waals surface area contributed by atoms with Gasteiger partial charge in [-0.15, -0.1) is 0 Å². The Morgan fingerprint density at radius 3 is 2.56 bits per heavy atom. The molecule has 1 heterocycles. The van der Waals surface area contributed by atoms with Gasteiger partial charge in [-0.1, -0.05) is 0 Å². The Morgan fingerprint density at radius 2 is 2.00 bits per heavy atom. The van der Waals surface area contributed by atoms with Crippen molar-refractivity contribution in [3.8, 4) is 0 Å². The van der Waals surface area contributed by atoms with E-state index in [1.807, 2.05) is 25.7 Å². The van der Waals surface area contributed by atoms with Crippen molar-refractivity contribution in [2.24, 2.45) is 4.99 Å². The van der Waals surface area contributed by atoms with Crippen LogP contribution in [0, 0.1) is 0 Å². The Balaban J connectivity index is 2.32. The zero-order valence-corrected chi connectivity index (χ0v) is 16.8. The number of amides is 1. The molecule has 0 bridgehead atoms. The summed E-state index contributed by atoms with van der Waals surface area (Å²) >= 11 is 0. The molecule has 0 aromatic rings. The Kier molecular flexibility index (Phi) is 8.64. The molecule has 1 aliphatic rings. The maximum Gasteiger partial charge on any atom is 0.407 e. The molecule has 0 aromatic heterocycles. The highest BCUT2D eigenvalue weighted by Crippen LogP contribution is 2.15. The van der Waals surface area contributed by atoms with E-state index in [4.69, 9.17) is 4.74 Å². The molecule has 0 spiro atoms. The highest BCUT2D eigenvalue weighted by molar-refractivity contribution is 5.80. The summed E-state index contributed by atoms with van der Waals surface area (Å²) in [6.07, 6.45) is -3.28. The first-order valence-corrected chi connectivity index (χ1v) is 9.10. The zero-order chi connectivity index (χ0) is 20.7. The number of guanidine groups is 1. The molecule has 10 heteroatoms. The number of nitrogens with one attached hydrogen (secondary N) is 2. The molecule has 27 heavy (non-hydrogen) atoms. The summed E-state index contributed by atoms with van der Waals surface area (Å²) in [5, 5.41) is 6.02. The van der Waals surface area contributed by atoms with E-state index in [9.17, 15) is 18.0 Å². The minimum Gasteiger partial charge on any atom is -0.444 e. The van der Waals surface area contributed by atoms with E-state index in [-0.39, 0.29) is 6.04 Å². The number of halogens is 3. The molecule has 1 saturated heterocycles. The van der Waals surface area contributed by atoms with Crippen molar-refractivity contribution in [1.82, 2.24) is 20.4 Å². The minimum absolute atomic E-state index is 0.0312. The van der Waals surface area contributed by atoms with E-state index in [1.165, 1.54) is 11.9 Å². The molecule has 1 aliphatic heterocycles. The number of likely N-dealkylation sites (tertiary alicyclic amines) is 1. The number of hydrogen-bond donors (Lipinski definition) is 2. The summed E-state index contributed by atoms with van der Waals surface area (Å²) in [5.74, 6) is 0.682. The normalized spacial score (nSPS) is 18.8. The quantitative estimate of drug-likeness (QED) is 0.409. The summed E-state index contributed by atoms with van der Waals surface area (Å²) in [6.45, 7) is 6.72. The van der Waals surface area contributed by atoms with Crippen LogP contribution in [0.15, 0.2) is 4.99 Å². The molecule has 0 aromatic carbocycles. The summed E-state index contributed by atoms with van der Waals surface area (Å²) in [6, 6.07) is -0.0312. The van der Waals surface area contributed by atoms with Crippen molar-refractivity contribution in [3.05, 3.63) is 0 Å². The van der Waals surface area contributed by atoms with Gasteiger partial charge >= 0.3 is 12.3 Å². The highest BCUT2D eigenvalue weighted by atomic mass is 19.4. The predicted molar refractivity (Wildman–Crippen MR) is 98.9 cm³/mol. The third kappa shape index (κ3) is 10.3. The lowest BCUT2D eigenvalue weighted by molar-refractivity contribution is -0.143. The van der Waals surface area contributed by atoms with Crippen LogP contribution in [0.25, 0.3) is 0 Å². The fourth-order valence-electron chi connectivity index (χ4n) is 2.81. The summed E-state index contributed by atoms with van der Waals surface area (Å²) in [4.78, 5) is 19.3. The van der Waals surface area contributed by atoms with Gasteiger partial charge in [0.25, 0.3) is 0 Å². The second kappa shape index (κ2) is 10.0. The molecule has 158 valence electrons. The standard InChI is InChI=1S/C17H32F3N5O2/c1-16(2,3)27-15(26)23-13-7-10-25(11-13)14(21-4)22-8-6-9-24(5)12-17(18,19)20/h13H,6-12H2,1-5H3,(H,21,22)(H,23,26). The molecular formula is C17H32F3N5O2. The monoisotopic (exact) mass is 395 g/mol. The largest absolute Gasteiger partial charge is 0.444 e. The molecule has 0 radical (unpaired) electrons. The number of carbonyl (C=O) groups excluding carboxylic acids is 1. The summed E-state index contributed by atoms with van der Waals surface area (Å²) in [5.41, 5.74) is -0.542. The average Bonchev–Trinajstić information content (AvgIpc) is 2.91. The van der Waals surface area contributed by atoms with Gasteiger partial charge in [-0.3, -0.25) is 9.89 Å². The van der Waals surface area contributed by atoms with Crippen LogP contribution in [0.4, 0.5) is 18.0 Å². The molecule has 7 nitrogen and oxygen atoms in total. The molecular weight excluding hydrogens is 363 g/mol. The topological polar surface area (TPSA) is 69.2 Å². The number of alkyl halides is 3. The lowest BCUT2D eigenvalue weighted by Crippen LogP contribution is -2.44. The van der Waals surface area contributed by atoms with E-state index >= 15 is 0 Å². The van der Waals surface area contributed by atoms with Crippen LogP contribution in [0.5, 0.6) is 0 Å². The minimum atomic E-state index is -4.18. The van der Waals surface area contributed by atoms with Crippen molar-refractivity contribution in [2.45, 2.75) is 51.4 Å². The number of rotatable bonds is 6. The van der Waals surface area contributed by atoms with Gasteiger partial charge in [0.1, 0.15) is 5.60 Å². The molecule has 1 rings (SSSR count). The van der Waals surface area contributed by atoms with E-state index in [2.05, 4.69) is 15.6 Å². The van der Waals surface area contributed by atoms with Crippen LogP contribution in [-0.4, -0.2) is 86.5 Å². The third-order valence-corrected chi connectivity index (χ3v) is 3.87. The van der Waals surface area contributed by atoms with Crippen LogP contribution >= 0.6 is 0 Å². The Hall–Kier alpha value is -1.71. The van der Waals surface area contributed by atoms with Gasteiger partial charge in [0.2, 0.25) is 0 Å². The van der Waals surface area contributed by atoms with E-state index in [0.717, 1.165) is 13.0 Å². The highest BCUT2D eigenvalue weighted by Gasteiger charge is 2.29. The first kappa shape index (κ1) is 23.3. The van der Waals surface area contributed by atoms with Crippen LogP contribution in [0.1, 0.15) is 33.6 Å². The smallest absolute Gasteiger partial charge is 0.407 e. The molecule has 0 saturated carbocycles. The van der Waals surface area contributed by atoms with Gasteiger partial charge in [-0.25, -0.2) is 4.79 Å². The lowest BCUT2D eigenvalue weighted by Gasteiger charge is -2.24. The van der Waals surface area contributed by atoms with Gasteiger partial charge in [-0.2, -0.15) is 13.2 Å². The fourth-order valence-corrected chi connectivity index (χ4v) is 2.81. The number of ether oxygens (including phenoxy) is 1. The molecule has 1 unspecified atom stereocenters. The number of carbonyl (C=O) groups is 1. The Bertz CT molecular complexity index is 506. The maximum absolute atomic E-state index is 12.3. The first-order valence-electron chi connectivity index (χ1n) is 9.10. The Labute approximate surface area is 159 Å². The van der Waals surface area contributed by atoms with E-state index in [0.29, 0.717) is 32.0 Å². The van der Waals surface area contributed by atoms with Crippen LogP contribution in [-0.2, 0) is 4.74 Å². The summed E-state index contributed by atoms with van der Waals surface area (Å²) < 4.78 is 42.2. The number of aliphatic imine (C=N–C) groups is 1. The molecule has 1 atom stereocenters. The van der Waals surface area contributed by atoms with Gasteiger partial charge in [-0.05, 0) is 47.2 Å². The van der Waals surface area contributed by atoms with E-state index in [1.54, 1.807) is 7.05 Å². The molecule has 1 fully saturated rings. The second-order valence-electron chi connectivity index (χ2n) is 7.76. The average molecular weight is 395 g/mol. The molecule has 2 N–H and O–H groups in total. The first-order chi connectivity index (χ1) is 12.4. The SMILES string of the molecule is CN=C(NCCCN(C)CC(F)(F)F)N1CCC(NC(=O)OC(C)(C)C)C1. The van der Waals surface area contributed by atoms with Gasteiger partial charge < -0.3 is 20.3 Å². The fraction of sp³-hybridized carbons (Fsp3) is 0.882. The van der Waals surface area contributed by atoms with Gasteiger partial charge in [0.15, 0.2) is 5.96 Å². The number of alkyl carbamates (subject to hydrolysis) is 1. The van der Waals surface area contributed by atoms with Crippen molar-refractivity contribution in [2.75, 3.05) is 46.8 Å². The van der Waals surface area contributed by atoms with Crippen LogP contribution in [0.2, 0.25) is 0 Å². The summed E-state index contributed by atoms with van der Waals surface area (Å²) in [7, 11) is 3.11. The van der Waals surface area contributed by atoms with Crippen LogP contribution < -0.4 is 10.6 Å². The number of hydrogen-bond acceptors (Lipinski definition) is 4.